The van der Waals surface area contributed by atoms with Gasteiger partial charge in [0.2, 0.25) is 0 Å². The van der Waals surface area contributed by atoms with Gasteiger partial charge in [0.15, 0.2) is 5.78 Å². The number of fused-ring (bicyclic) bond motifs is 1. The van der Waals surface area contributed by atoms with Gasteiger partial charge in [-0.15, -0.1) is 0 Å². The molecule has 94 valence electrons. The highest BCUT2D eigenvalue weighted by atomic mass is 16.1. The van der Waals surface area contributed by atoms with Crippen molar-refractivity contribution in [3.8, 4) is 0 Å². The summed E-state index contributed by atoms with van der Waals surface area (Å²) >= 11 is 0. The summed E-state index contributed by atoms with van der Waals surface area (Å²) in [7, 11) is 0. The molecule has 19 heavy (non-hydrogen) atoms. The Hall–Kier alpha value is -2.15. The third kappa shape index (κ3) is 1.82. The number of hydrogen-bond acceptors (Lipinski definition) is 1. The van der Waals surface area contributed by atoms with E-state index in [1.165, 1.54) is 16.7 Å². The lowest BCUT2D eigenvalue weighted by molar-refractivity contribution is -0.113. The SMILES string of the molecule is CC(=O)C1=C(C)c2ccccc2C1c1ccccc1. The molecule has 1 aliphatic carbocycles. The van der Waals surface area contributed by atoms with Crippen molar-refractivity contribution in [2.75, 3.05) is 0 Å². The van der Waals surface area contributed by atoms with E-state index in [9.17, 15) is 4.79 Å². The zero-order valence-electron chi connectivity index (χ0n) is 11.2. The highest BCUT2D eigenvalue weighted by molar-refractivity contribution is 6.05. The molecular formula is C18H16O. The molecule has 0 saturated heterocycles. The summed E-state index contributed by atoms with van der Waals surface area (Å²) in [6.45, 7) is 3.72. The van der Waals surface area contributed by atoms with Gasteiger partial charge in [-0.25, -0.2) is 0 Å². The molecule has 0 saturated carbocycles. The van der Waals surface area contributed by atoms with Gasteiger partial charge >= 0.3 is 0 Å². The van der Waals surface area contributed by atoms with E-state index < -0.39 is 0 Å². The predicted octanol–water partition coefficient (Wildman–Crippen LogP) is 4.19. The van der Waals surface area contributed by atoms with Gasteiger partial charge in [-0.1, -0.05) is 54.6 Å². The molecule has 1 heteroatoms. The van der Waals surface area contributed by atoms with E-state index >= 15 is 0 Å². The lowest BCUT2D eigenvalue weighted by Gasteiger charge is -2.15. The van der Waals surface area contributed by atoms with Crippen LogP contribution in [0.25, 0.3) is 5.57 Å². The quantitative estimate of drug-likeness (QED) is 0.778. The largest absolute Gasteiger partial charge is 0.295 e. The third-order valence-electron chi connectivity index (χ3n) is 3.88. The second-order valence-corrected chi connectivity index (χ2v) is 5.03. The zero-order valence-corrected chi connectivity index (χ0v) is 11.2. The molecule has 0 aliphatic heterocycles. The van der Waals surface area contributed by atoms with Crippen molar-refractivity contribution in [3.63, 3.8) is 0 Å². The molecule has 0 amide bonds. The Morgan fingerprint density at radius 3 is 2.26 bits per heavy atom. The van der Waals surface area contributed by atoms with Crippen molar-refractivity contribution in [1.82, 2.24) is 0 Å². The Balaban J connectivity index is 2.25. The summed E-state index contributed by atoms with van der Waals surface area (Å²) in [5, 5.41) is 0. The van der Waals surface area contributed by atoms with Crippen LogP contribution in [-0.2, 0) is 4.79 Å². The molecule has 1 unspecified atom stereocenters. The van der Waals surface area contributed by atoms with Crippen LogP contribution >= 0.6 is 0 Å². The number of Topliss-reactive ketones (excluding diaryl/α,β-unsaturated/α-hetero) is 1. The van der Waals surface area contributed by atoms with Crippen LogP contribution in [0, 0.1) is 0 Å². The summed E-state index contributed by atoms with van der Waals surface area (Å²) in [5.74, 6) is 0.262. The van der Waals surface area contributed by atoms with Crippen LogP contribution in [0.1, 0.15) is 36.5 Å². The lowest BCUT2D eigenvalue weighted by Crippen LogP contribution is -2.07. The molecule has 0 fully saturated rings. The Bertz CT molecular complexity index is 665. The highest BCUT2D eigenvalue weighted by Gasteiger charge is 2.32. The summed E-state index contributed by atoms with van der Waals surface area (Å²) in [6, 6.07) is 18.6. The maximum Gasteiger partial charge on any atom is 0.157 e. The fourth-order valence-corrected chi connectivity index (χ4v) is 3.07. The Morgan fingerprint density at radius 2 is 1.58 bits per heavy atom. The molecule has 0 radical (unpaired) electrons. The Morgan fingerprint density at radius 1 is 0.947 bits per heavy atom. The first kappa shape index (κ1) is 11.9. The molecule has 3 rings (SSSR count). The van der Waals surface area contributed by atoms with Crippen LogP contribution in [0.5, 0.6) is 0 Å². The Labute approximate surface area is 113 Å². The van der Waals surface area contributed by atoms with Gasteiger partial charge < -0.3 is 0 Å². The number of hydrogen-bond donors (Lipinski definition) is 0. The molecule has 2 aromatic carbocycles. The van der Waals surface area contributed by atoms with Gasteiger partial charge in [0.1, 0.15) is 0 Å². The smallest absolute Gasteiger partial charge is 0.157 e. The van der Waals surface area contributed by atoms with Crippen LogP contribution in [-0.4, -0.2) is 5.78 Å². The average molecular weight is 248 g/mol. The number of rotatable bonds is 2. The van der Waals surface area contributed by atoms with E-state index in [2.05, 4.69) is 31.2 Å². The highest BCUT2D eigenvalue weighted by Crippen LogP contribution is 2.45. The number of carbonyl (C=O) groups excluding carboxylic acids is 1. The van der Waals surface area contributed by atoms with Gasteiger partial charge in [-0.3, -0.25) is 4.79 Å². The number of carbonyl (C=O) groups is 1. The van der Waals surface area contributed by atoms with Crippen molar-refractivity contribution in [1.29, 1.82) is 0 Å². The molecule has 2 aromatic rings. The lowest BCUT2D eigenvalue weighted by atomic mass is 9.87. The van der Waals surface area contributed by atoms with Crippen LogP contribution in [0.3, 0.4) is 0 Å². The van der Waals surface area contributed by atoms with Crippen LogP contribution in [0.2, 0.25) is 0 Å². The standard InChI is InChI=1S/C18H16O/c1-12-15-10-6-7-11-16(15)18(17(12)13(2)19)14-8-4-3-5-9-14/h3-11,18H,1-2H3. The van der Waals surface area contributed by atoms with Crippen molar-refractivity contribution in [2.24, 2.45) is 0 Å². The van der Waals surface area contributed by atoms with Gasteiger partial charge in [0.25, 0.3) is 0 Å². The summed E-state index contributed by atoms with van der Waals surface area (Å²) in [4.78, 5) is 12.1. The third-order valence-corrected chi connectivity index (χ3v) is 3.88. The van der Waals surface area contributed by atoms with Crippen molar-refractivity contribution < 1.29 is 4.79 Å². The number of ketones is 1. The van der Waals surface area contributed by atoms with E-state index in [0.29, 0.717) is 0 Å². The summed E-state index contributed by atoms with van der Waals surface area (Å²) < 4.78 is 0. The molecule has 0 heterocycles. The maximum absolute atomic E-state index is 12.1. The molecular weight excluding hydrogens is 232 g/mol. The molecule has 1 atom stereocenters. The first-order valence-corrected chi connectivity index (χ1v) is 6.56. The van der Waals surface area contributed by atoms with E-state index in [-0.39, 0.29) is 11.7 Å². The van der Waals surface area contributed by atoms with E-state index in [1.807, 2.05) is 30.3 Å². The predicted molar refractivity (Wildman–Crippen MR) is 78.0 cm³/mol. The molecule has 1 aliphatic rings. The number of benzene rings is 2. The van der Waals surface area contributed by atoms with Crippen LogP contribution in [0.4, 0.5) is 0 Å². The molecule has 0 bridgehead atoms. The van der Waals surface area contributed by atoms with Gasteiger partial charge in [0, 0.05) is 11.5 Å². The van der Waals surface area contributed by atoms with Crippen molar-refractivity contribution in [3.05, 3.63) is 76.9 Å². The Kier molecular flexibility index (Phi) is 2.83. The fourth-order valence-electron chi connectivity index (χ4n) is 3.07. The van der Waals surface area contributed by atoms with Gasteiger partial charge in [-0.2, -0.15) is 0 Å². The molecule has 0 spiro atoms. The first-order chi connectivity index (χ1) is 9.20. The topological polar surface area (TPSA) is 17.1 Å². The summed E-state index contributed by atoms with van der Waals surface area (Å²) in [5.41, 5.74) is 5.71. The van der Waals surface area contributed by atoms with Crippen molar-refractivity contribution in [2.45, 2.75) is 19.8 Å². The monoisotopic (exact) mass is 248 g/mol. The molecule has 0 aromatic heterocycles. The molecule has 1 nitrogen and oxygen atoms in total. The second-order valence-electron chi connectivity index (χ2n) is 5.03. The van der Waals surface area contributed by atoms with Gasteiger partial charge in [-0.05, 0) is 36.1 Å². The fraction of sp³-hybridized carbons (Fsp3) is 0.167. The maximum atomic E-state index is 12.1. The first-order valence-electron chi connectivity index (χ1n) is 6.56. The normalized spacial score (nSPS) is 17.5. The zero-order chi connectivity index (χ0) is 13.4. The number of allylic oxidation sites excluding steroid dienone is 2. The summed E-state index contributed by atoms with van der Waals surface area (Å²) in [6.07, 6.45) is 0. The van der Waals surface area contributed by atoms with Gasteiger partial charge in [0.05, 0.1) is 0 Å². The van der Waals surface area contributed by atoms with Crippen LogP contribution < -0.4 is 0 Å². The van der Waals surface area contributed by atoms with E-state index in [1.54, 1.807) is 6.92 Å². The minimum absolute atomic E-state index is 0.0925. The van der Waals surface area contributed by atoms with Crippen molar-refractivity contribution >= 4 is 11.4 Å². The average Bonchev–Trinajstić information content (AvgIpc) is 2.74. The van der Waals surface area contributed by atoms with E-state index in [4.69, 9.17) is 0 Å². The second kappa shape index (κ2) is 4.51. The van der Waals surface area contributed by atoms with Crippen LogP contribution in [0.15, 0.2) is 60.2 Å². The van der Waals surface area contributed by atoms with E-state index in [0.717, 1.165) is 11.1 Å². The molecule has 0 N–H and O–H groups in total. The minimum Gasteiger partial charge on any atom is -0.295 e. The minimum atomic E-state index is 0.0925.